The Hall–Kier alpha value is -1.02. The first kappa shape index (κ1) is 55.0. The molecule has 332 valence electrons. The Morgan fingerprint density at radius 3 is 1.39 bits per heavy atom. The van der Waals surface area contributed by atoms with Crippen molar-refractivity contribution in [2.24, 2.45) is 5.73 Å². The Morgan fingerprint density at radius 2 is 0.946 bits per heavy atom. The lowest BCUT2D eigenvalue weighted by Gasteiger charge is -2.20. The highest BCUT2D eigenvalue weighted by atomic mass is 31.2. The number of phosphoric acid groups is 1. The number of carbonyl (C=O) groups is 1. The lowest BCUT2D eigenvalue weighted by molar-refractivity contribution is -0.154. The third kappa shape index (κ3) is 44.1. The maximum Gasteiger partial charge on any atom is 0.472 e. The summed E-state index contributed by atoms with van der Waals surface area (Å²) in [5, 5.41) is 0. The molecule has 0 aliphatic carbocycles. The minimum absolute atomic E-state index is 0.0937. The highest BCUT2D eigenvalue weighted by molar-refractivity contribution is 7.47. The molecule has 0 saturated heterocycles. The molecule has 0 aromatic rings. The Labute approximate surface area is 346 Å². The molecule has 0 saturated carbocycles. The average Bonchev–Trinajstić information content (AvgIpc) is 3.19. The van der Waals surface area contributed by atoms with Gasteiger partial charge in [-0.1, -0.05) is 205 Å². The first-order valence-electron chi connectivity index (χ1n) is 23.8. The summed E-state index contributed by atoms with van der Waals surface area (Å²) < 4.78 is 33.5. The summed E-state index contributed by atoms with van der Waals surface area (Å²) in [6.07, 6.45) is 50.6. The van der Waals surface area contributed by atoms with Gasteiger partial charge in [0.2, 0.25) is 0 Å². The number of phosphoric ester groups is 1. The minimum atomic E-state index is -4.28. The molecule has 0 spiro atoms. The Balaban J connectivity index is 3.94. The summed E-state index contributed by atoms with van der Waals surface area (Å²) >= 11 is 0. The highest BCUT2D eigenvalue weighted by Gasteiger charge is 2.25. The molecule has 8 nitrogen and oxygen atoms in total. The molecule has 0 rings (SSSR count). The average molecular weight is 814 g/mol. The number of esters is 1. The van der Waals surface area contributed by atoms with Crippen molar-refractivity contribution in [3.8, 4) is 0 Å². The first-order valence-corrected chi connectivity index (χ1v) is 25.3. The number of unbranched alkanes of at least 4 members (excludes halogenated alkanes) is 29. The van der Waals surface area contributed by atoms with Gasteiger partial charge in [-0.3, -0.25) is 13.8 Å². The molecule has 9 heteroatoms. The van der Waals surface area contributed by atoms with Crippen LogP contribution in [0.15, 0.2) is 24.3 Å². The van der Waals surface area contributed by atoms with Crippen LogP contribution in [-0.4, -0.2) is 49.9 Å². The third-order valence-electron chi connectivity index (χ3n) is 10.4. The van der Waals surface area contributed by atoms with Crippen molar-refractivity contribution in [2.75, 3.05) is 33.0 Å². The van der Waals surface area contributed by atoms with Crippen LogP contribution >= 0.6 is 7.82 Å². The Bertz CT molecular complexity index is 915. The molecule has 0 aliphatic heterocycles. The first-order chi connectivity index (χ1) is 27.4. The van der Waals surface area contributed by atoms with Crippen molar-refractivity contribution >= 4 is 13.8 Å². The van der Waals surface area contributed by atoms with Crippen molar-refractivity contribution in [3.63, 3.8) is 0 Å². The lowest BCUT2D eigenvalue weighted by Crippen LogP contribution is -2.28. The molecule has 56 heavy (non-hydrogen) atoms. The molecule has 0 amide bonds. The maximum atomic E-state index is 12.6. The van der Waals surface area contributed by atoms with E-state index in [9.17, 15) is 14.3 Å². The molecule has 0 aromatic carbocycles. The fourth-order valence-electron chi connectivity index (χ4n) is 6.85. The second-order valence-corrected chi connectivity index (χ2v) is 17.4. The molecule has 2 atom stereocenters. The van der Waals surface area contributed by atoms with Crippen molar-refractivity contribution in [3.05, 3.63) is 24.3 Å². The summed E-state index contributed by atoms with van der Waals surface area (Å²) in [5.41, 5.74) is 5.38. The van der Waals surface area contributed by atoms with Gasteiger partial charge in [0.05, 0.1) is 19.8 Å². The monoisotopic (exact) mass is 814 g/mol. The van der Waals surface area contributed by atoms with E-state index < -0.39 is 13.9 Å². The van der Waals surface area contributed by atoms with E-state index in [0.29, 0.717) is 13.0 Å². The highest BCUT2D eigenvalue weighted by Crippen LogP contribution is 2.43. The van der Waals surface area contributed by atoms with E-state index in [1.54, 1.807) is 0 Å². The van der Waals surface area contributed by atoms with E-state index in [-0.39, 0.29) is 32.3 Å². The van der Waals surface area contributed by atoms with Crippen molar-refractivity contribution in [1.82, 2.24) is 0 Å². The zero-order chi connectivity index (χ0) is 40.9. The minimum Gasteiger partial charge on any atom is -0.457 e. The van der Waals surface area contributed by atoms with E-state index in [0.717, 1.165) is 38.5 Å². The van der Waals surface area contributed by atoms with Crippen LogP contribution in [0.25, 0.3) is 0 Å². The van der Waals surface area contributed by atoms with Crippen molar-refractivity contribution < 1.29 is 32.8 Å². The SMILES string of the molecule is CCCCCCC/C=C\C/C=C\CCCCCCCCCCCCOCC(COP(=O)(O)OCCN)OC(=O)CCCCCCCCCCCCCCCCC. The quantitative estimate of drug-likeness (QED) is 0.0270. The summed E-state index contributed by atoms with van der Waals surface area (Å²) in [4.78, 5) is 22.5. The Kier molecular flexibility index (Phi) is 44.3. The summed E-state index contributed by atoms with van der Waals surface area (Å²) in [7, 11) is -4.28. The van der Waals surface area contributed by atoms with Crippen LogP contribution in [0.3, 0.4) is 0 Å². The number of rotatable bonds is 46. The van der Waals surface area contributed by atoms with Gasteiger partial charge in [-0.15, -0.1) is 0 Å². The van der Waals surface area contributed by atoms with E-state index >= 15 is 0 Å². The van der Waals surface area contributed by atoms with E-state index in [1.165, 1.54) is 173 Å². The van der Waals surface area contributed by atoms with Crippen molar-refractivity contribution in [1.29, 1.82) is 0 Å². The van der Waals surface area contributed by atoms with Gasteiger partial charge in [0.15, 0.2) is 0 Å². The molecule has 2 unspecified atom stereocenters. The molecule has 0 heterocycles. The van der Waals surface area contributed by atoms with Gasteiger partial charge < -0.3 is 20.1 Å². The number of carbonyl (C=O) groups excluding carboxylic acids is 1. The maximum absolute atomic E-state index is 12.6. The second kappa shape index (κ2) is 45.1. The third-order valence-corrected chi connectivity index (χ3v) is 11.4. The van der Waals surface area contributed by atoms with Gasteiger partial charge in [0.25, 0.3) is 0 Å². The normalized spacial score (nSPS) is 13.6. The molecule has 3 N–H and O–H groups in total. The molecular formula is C47H92NO7P. The summed E-state index contributed by atoms with van der Waals surface area (Å²) in [5.74, 6) is -0.327. The topological polar surface area (TPSA) is 117 Å². The van der Waals surface area contributed by atoms with E-state index in [2.05, 4.69) is 38.2 Å². The van der Waals surface area contributed by atoms with Gasteiger partial charge in [-0.2, -0.15) is 0 Å². The number of allylic oxidation sites excluding steroid dienone is 4. The van der Waals surface area contributed by atoms with Gasteiger partial charge >= 0.3 is 13.8 Å². The lowest BCUT2D eigenvalue weighted by atomic mass is 10.0. The van der Waals surface area contributed by atoms with Gasteiger partial charge in [0, 0.05) is 19.6 Å². The van der Waals surface area contributed by atoms with Crippen molar-refractivity contribution in [2.45, 2.75) is 238 Å². The molecular weight excluding hydrogens is 721 g/mol. The Morgan fingerprint density at radius 1 is 0.536 bits per heavy atom. The summed E-state index contributed by atoms with van der Waals surface area (Å²) in [6, 6.07) is 0. The second-order valence-electron chi connectivity index (χ2n) is 16.0. The zero-order valence-corrected chi connectivity index (χ0v) is 37.8. The molecule has 0 aromatic heterocycles. The van der Waals surface area contributed by atoms with Crippen LogP contribution in [0.2, 0.25) is 0 Å². The standard InChI is InChI=1S/C47H92NO7P/c1-3-5-7-9-11-13-15-17-19-20-21-22-23-24-25-27-29-31-33-35-37-39-42-52-44-46(45-54-56(50,51)53-43-41-48)55-47(49)40-38-36-34-32-30-28-26-18-16-14-12-10-8-6-4-2/h15,17,20-21,46H,3-14,16,18-19,22-45,48H2,1-2H3,(H,50,51)/b17-15-,21-20-. The number of ether oxygens (including phenoxy) is 2. The fourth-order valence-corrected chi connectivity index (χ4v) is 7.62. The van der Waals surface area contributed by atoms with Crippen LogP contribution in [0.4, 0.5) is 0 Å². The zero-order valence-electron chi connectivity index (χ0n) is 36.9. The number of hydrogen-bond acceptors (Lipinski definition) is 7. The number of hydrogen-bond donors (Lipinski definition) is 2. The smallest absolute Gasteiger partial charge is 0.457 e. The fraction of sp³-hybridized carbons (Fsp3) is 0.894. The molecule has 0 aliphatic rings. The summed E-state index contributed by atoms with van der Waals surface area (Å²) in [6.45, 7) is 4.95. The van der Waals surface area contributed by atoms with Crippen LogP contribution in [0.1, 0.15) is 232 Å². The molecule has 0 radical (unpaired) electrons. The number of nitrogens with two attached hydrogens (primary N) is 1. The van der Waals surface area contributed by atoms with Crippen LogP contribution in [0.5, 0.6) is 0 Å². The molecule has 0 fully saturated rings. The van der Waals surface area contributed by atoms with Gasteiger partial charge in [-0.05, 0) is 44.9 Å². The van der Waals surface area contributed by atoms with Crippen LogP contribution in [-0.2, 0) is 27.9 Å². The van der Waals surface area contributed by atoms with Gasteiger partial charge in [0.1, 0.15) is 6.10 Å². The van der Waals surface area contributed by atoms with E-state index in [1.807, 2.05) is 0 Å². The van der Waals surface area contributed by atoms with Crippen LogP contribution in [0, 0.1) is 0 Å². The van der Waals surface area contributed by atoms with Crippen LogP contribution < -0.4 is 5.73 Å². The van der Waals surface area contributed by atoms with Gasteiger partial charge in [-0.25, -0.2) is 4.57 Å². The van der Waals surface area contributed by atoms with E-state index in [4.69, 9.17) is 24.3 Å². The predicted molar refractivity (Wildman–Crippen MR) is 238 cm³/mol. The largest absolute Gasteiger partial charge is 0.472 e. The predicted octanol–water partition coefficient (Wildman–Crippen LogP) is 14.4. The molecule has 0 bridgehead atoms.